The van der Waals surface area contributed by atoms with E-state index in [-0.39, 0.29) is 51.4 Å². The summed E-state index contributed by atoms with van der Waals surface area (Å²) in [4.78, 5) is 0. The summed E-state index contributed by atoms with van der Waals surface area (Å²) in [6, 6.07) is 0. The second-order valence-corrected chi connectivity index (χ2v) is 11.3. The van der Waals surface area contributed by atoms with Crippen LogP contribution >= 0.6 is 0 Å². The number of alkyl halides is 18. The molecule has 0 amide bonds. The van der Waals surface area contributed by atoms with Crippen molar-refractivity contribution in [3.05, 3.63) is 34.6 Å². The average molecular weight is 815 g/mol. The Balaban J connectivity index is 0.0000212. The minimum absolute atomic E-state index is 0. The third kappa shape index (κ3) is 6.20. The summed E-state index contributed by atoms with van der Waals surface area (Å²) in [6.07, 6.45) is -8.16. The van der Waals surface area contributed by atoms with Crippen molar-refractivity contribution < 1.29 is 174 Å². The van der Waals surface area contributed by atoms with Gasteiger partial charge in [0.15, 0.2) is 33.4 Å². The van der Waals surface area contributed by atoms with Crippen LogP contribution in [0.3, 0.4) is 0 Å². The second-order valence-electron chi connectivity index (χ2n) is 8.06. The van der Waals surface area contributed by atoms with Gasteiger partial charge in [-0.25, -0.2) is 43.2 Å². The summed E-state index contributed by atoms with van der Waals surface area (Å²) in [5.74, 6) is -74.0. The Labute approximate surface area is 283 Å². The van der Waals surface area contributed by atoms with Gasteiger partial charge in [0.05, 0.1) is 5.56 Å². The van der Waals surface area contributed by atoms with E-state index in [4.69, 9.17) is 0 Å². The van der Waals surface area contributed by atoms with Gasteiger partial charge in [0.1, 0.15) is 0 Å². The fraction of sp³-hybridized carbons (Fsp3) is 0.600. The van der Waals surface area contributed by atoms with Gasteiger partial charge in [0, 0.05) is 0 Å². The quantitative estimate of drug-likeness (QED) is 0.0926. The van der Waals surface area contributed by atoms with Crippen molar-refractivity contribution in [1.29, 1.82) is 0 Å². The van der Waals surface area contributed by atoms with Gasteiger partial charge in [-0.1, -0.05) is 0 Å². The van der Waals surface area contributed by atoms with E-state index in [9.17, 15) is 122 Å². The Bertz CT molecular complexity index is 1580. The molecule has 270 valence electrons. The number of hydrogen-bond donors (Lipinski definition) is 1. The Morgan fingerprint density at radius 3 is 0.979 bits per heavy atom. The molecule has 1 rings (SSSR count). The van der Waals surface area contributed by atoms with Crippen molar-refractivity contribution in [1.82, 2.24) is 4.72 Å². The molecular weight excluding hydrogens is 814 g/mol. The van der Waals surface area contributed by atoms with Gasteiger partial charge in [-0.05, 0) is 0 Å². The maximum Gasteiger partial charge on any atom is 1.00 e. The molecule has 0 aliphatic heterocycles. The first-order valence-corrected chi connectivity index (χ1v) is 12.4. The molecule has 47 heavy (non-hydrogen) atoms. The van der Waals surface area contributed by atoms with Crippen molar-refractivity contribution in [3.8, 4) is 0 Å². The smallest absolute Gasteiger partial charge is 0.744 e. The SMILES string of the molecule is O=S(=O)([O-])C(F)(NS(=O)(=O)C(F)(F)C(F)(F)C(F)(F)C(F)(F)C(F)(F)C(F)(F)C(F)(F)C(F)(F)F)c1c(F)c(F)c(F)c(F)c1F.[K+]. The Kier molecular flexibility index (Phi) is 12.1. The molecule has 1 unspecified atom stereocenters. The van der Waals surface area contributed by atoms with Crippen LogP contribution in [0.2, 0.25) is 0 Å². The molecule has 0 saturated carbocycles. The first-order chi connectivity index (χ1) is 19.6. The predicted octanol–water partition coefficient (Wildman–Crippen LogP) is 2.90. The van der Waals surface area contributed by atoms with Crippen LogP contribution in [0, 0.1) is 29.1 Å². The molecule has 0 aliphatic carbocycles. The Morgan fingerprint density at radius 2 is 0.702 bits per heavy atom. The van der Waals surface area contributed by atoms with Crippen LogP contribution in [0.4, 0.5) is 101 Å². The van der Waals surface area contributed by atoms with E-state index < -0.39 is 112 Å². The second kappa shape index (κ2) is 12.4. The van der Waals surface area contributed by atoms with Crippen molar-refractivity contribution >= 4 is 20.1 Å². The third-order valence-electron chi connectivity index (χ3n) is 5.17. The van der Waals surface area contributed by atoms with Gasteiger partial charge in [-0.2, -0.15) is 79.4 Å². The molecule has 1 atom stereocenters. The number of hydrogen-bond acceptors (Lipinski definition) is 5. The number of nitrogens with one attached hydrogen (secondary N) is 1. The molecular formula is C15HF23KNO5S2. The molecule has 0 bridgehead atoms. The molecule has 1 aromatic rings. The monoisotopic (exact) mass is 815 g/mol. The van der Waals surface area contributed by atoms with Crippen LogP contribution in [0.1, 0.15) is 5.56 Å². The van der Waals surface area contributed by atoms with E-state index in [0.29, 0.717) is 0 Å². The van der Waals surface area contributed by atoms with E-state index in [2.05, 4.69) is 0 Å². The van der Waals surface area contributed by atoms with Gasteiger partial charge in [-0.15, -0.1) is 0 Å². The van der Waals surface area contributed by atoms with Crippen molar-refractivity contribution in [3.63, 3.8) is 0 Å². The number of sulfonamides is 1. The van der Waals surface area contributed by atoms with Crippen LogP contribution < -0.4 is 56.1 Å². The van der Waals surface area contributed by atoms with Crippen LogP contribution in [0.25, 0.3) is 0 Å². The maximum atomic E-state index is 14.9. The van der Waals surface area contributed by atoms with Gasteiger partial charge < -0.3 is 4.55 Å². The summed E-state index contributed by atoms with van der Waals surface area (Å²) in [5.41, 5.74) is -4.11. The minimum Gasteiger partial charge on any atom is -0.744 e. The number of rotatable bonds is 11. The standard InChI is InChI=1S/C15H2F23NO5S2.K/c16-2-1(3(17)5(19)6(20)4(2)18)7(21,46(42,43)44)39-45(40,41)15(37,38)13(32,33)11(28,29)9(24,25)8(22,23)10(26,27)12(30,31)14(34,35)36;/h39H,(H,42,43,44);/q;+1/p-1. The van der Waals surface area contributed by atoms with Gasteiger partial charge in [-0.3, -0.25) is 0 Å². The number of halogens is 23. The first-order valence-electron chi connectivity index (χ1n) is 9.54. The molecule has 0 aromatic heterocycles. The van der Waals surface area contributed by atoms with E-state index in [1.165, 1.54) is 0 Å². The summed E-state index contributed by atoms with van der Waals surface area (Å²) in [6.45, 7) is 0. The van der Waals surface area contributed by atoms with Gasteiger partial charge >= 0.3 is 98.4 Å². The average Bonchev–Trinajstić information content (AvgIpc) is 2.83. The molecule has 6 nitrogen and oxygen atoms in total. The van der Waals surface area contributed by atoms with Crippen LogP contribution in [-0.2, 0) is 25.3 Å². The van der Waals surface area contributed by atoms with Crippen LogP contribution in [-0.4, -0.2) is 68.4 Å². The Morgan fingerprint density at radius 1 is 0.447 bits per heavy atom. The summed E-state index contributed by atoms with van der Waals surface area (Å²) >= 11 is 0. The van der Waals surface area contributed by atoms with E-state index in [0.717, 1.165) is 0 Å². The molecule has 0 fully saturated rings. The molecule has 1 N–H and O–H groups in total. The van der Waals surface area contributed by atoms with Crippen LogP contribution in [0.15, 0.2) is 0 Å². The largest absolute Gasteiger partial charge is 1.00 e. The summed E-state index contributed by atoms with van der Waals surface area (Å²) in [7, 11) is -17.3. The molecule has 0 aliphatic rings. The third-order valence-corrected chi connectivity index (χ3v) is 7.78. The zero-order valence-corrected chi connectivity index (χ0v) is 25.3. The van der Waals surface area contributed by atoms with E-state index in [1.54, 1.807) is 0 Å². The van der Waals surface area contributed by atoms with Crippen molar-refractivity contribution in [2.24, 2.45) is 0 Å². The normalized spacial score (nSPS) is 16.5. The summed E-state index contributed by atoms with van der Waals surface area (Å²) < 4.78 is 364. The zero-order chi connectivity index (χ0) is 37.7. The fourth-order valence-electron chi connectivity index (χ4n) is 2.67. The molecule has 0 saturated heterocycles. The Hall–Kier alpha value is -0.934. The topological polar surface area (TPSA) is 103 Å². The molecule has 0 heterocycles. The predicted molar refractivity (Wildman–Crippen MR) is 91.5 cm³/mol. The van der Waals surface area contributed by atoms with Crippen molar-refractivity contribution in [2.45, 2.75) is 52.1 Å². The zero-order valence-electron chi connectivity index (χ0n) is 20.6. The van der Waals surface area contributed by atoms with Crippen molar-refractivity contribution in [2.75, 3.05) is 0 Å². The molecule has 1 aromatic carbocycles. The first kappa shape index (κ1) is 46.1. The maximum absolute atomic E-state index is 14.9. The van der Waals surface area contributed by atoms with E-state index >= 15 is 0 Å². The number of benzene rings is 1. The van der Waals surface area contributed by atoms with Gasteiger partial charge in [0.2, 0.25) is 5.82 Å². The molecule has 0 radical (unpaired) electrons. The molecule has 32 heteroatoms. The minimum atomic E-state index is -9.43. The van der Waals surface area contributed by atoms with Crippen LogP contribution in [0.5, 0.6) is 0 Å². The van der Waals surface area contributed by atoms with Gasteiger partial charge in [0.25, 0.3) is 15.1 Å². The summed E-state index contributed by atoms with van der Waals surface area (Å²) in [5, 5.41) is -15.9. The fourth-order valence-corrected chi connectivity index (χ4v) is 4.88. The van der Waals surface area contributed by atoms with E-state index in [1.807, 2.05) is 0 Å². The molecule has 0 spiro atoms.